The maximum atomic E-state index is 4.31. The van der Waals surface area contributed by atoms with Crippen LogP contribution in [0.4, 0.5) is 5.95 Å². The molecule has 1 aliphatic rings. The molecule has 1 aromatic heterocycles. The van der Waals surface area contributed by atoms with Gasteiger partial charge in [0.2, 0.25) is 5.95 Å². The van der Waals surface area contributed by atoms with Crippen molar-refractivity contribution in [3.05, 3.63) is 18.5 Å². The van der Waals surface area contributed by atoms with Crippen LogP contribution in [-0.4, -0.2) is 47.1 Å². The summed E-state index contributed by atoms with van der Waals surface area (Å²) >= 11 is 0. The van der Waals surface area contributed by atoms with E-state index in [1.165, 1.54) is 0 Å². The fourth-order valence-electron chi connectivity index (χ4n) is 2.02. The second kappa shape index (κ2) is 4.14. The lowest BCUT2D eigenvalue weighted by molar-refractivity contribution is 0.194. The molecule has 2 unspecified atom stereocenters. The summed E-state index contributed by atoms with van der Waals surface area (Å²) in [5.74, 6) is 0.852. The summed E-state index contributed by atoms with van der Waals surface area (Å²) in [6, 6.07) is 2.86. The van der Waals surface area contributed by atoms with E-state index in [1.54, 1.807) is 12.4 Å². The van der Waals surface area contributed by atoms with Crippen molar-refractivity contribution in [1.82, 2.24) is 14.9 Å². The van der Waals surface area contributed by atoms with Crippen molar-refractivity contribution in [2.75, 3.05) is 25.0 Å². The molecule has 4 nitrogen and oxygen atoms in total. The SMILES string of the molecule is CC1C(C)N(c2ncccn2)CCN1C. The van der Waals surface area contributed by atoms with Gasteiger partial charge in [0.1, 0.15) is 0 Å². The first-order valence-corrected chi connectivity index (χ1v) is 5.44. The zero-order valence-electron chi connectivity index (χ0n) is 9.59. The summed E-state index contributed by atoms with van der Waals surface area (Å²) in [5, 5.41) is 0. The number of rotatable bonds is 1. The quantitative estimate of drug-likeness (QED) is 0.686. The molecule has 0 aromatic carbocycles. The highest BCUT2D eigenvalue weighted by molar-refractivity contribution is 5.32. The summed E-state index contributed by atoms with van der Waals surface area (Å²) in [7, 11) is 2.17. The van der Waals surface area contributed by atoms with E-state index in [9.17, 15) is 0 Å². The first-order valence-electron chi connectivity index (χ1n) is 5.44. The normalized spacial score (nSPS) is 28.1. The largest absolute Gasteiger partial charge is 0.335 e. The Morgan fingerprint density at radius 2 is 1.80 bits per heavy atom. The average Bonchev–Trinajstić information content (AvgIpc) is 2.27. The lowest BCUT2D eigenvalue weighted by Crippen LogP contribution is -2.56. The van der Waals surface area contributed by atoms with Crippen LogP contribution in [0.2, 0.25) is 0 Å². The average molecular weight is 206 g/mol. The molecule has 0 N–H and O–H groups in total. The maximum Gasteiger partial charge on any atom is 0.225 e. The lowest BCUT2D eigenvalue weighted by Gasteiger charge is -2.43. The molecule has 0 radical (unpaired) electrons. The lowest BCUT2D eigenvalue weighted by atomic mass is 10.1. The molecular formula is C11H18N4. The third-order valence-electron chi connectivity index (χ3n) is 3.39. The topological polar surface area (TPSA) is 32.3 Å². The van der Waals surface area contributed by atoms with E-state index in [0.29, 0.717) is 12.1 Å². The standard InChI is InChI=1S/C11H18N4/c1-9-10(2)15(8-7-14(9)3)11-12-5-4-6-13-11/h4-6,9-10H,7-8H2,1-3H3. The van der Waals surface area contributed by atoms with Gasteiger partial charge in [0.25, 0.3) is 0 Å². The number of likely N-dealkylation sites (N-methyl/N-ethyl adjacent to an activating group) is 1. The predicted octanol–water partition coefficient (Wildman–Crippen LogP) is 1.01. The third kappa shape index (κ3) is 1.95. The van der Waals surface area contributed by atoms with Gasteiger partial charge in [-0.05, 0) is 27.0 Å². The van der Waals surface area contributed by atoms with E-state index in [2.05, 4.69) is 40.7 Å². The molecule has 1 aromatic rings. The number of hydrogen-bond donors (Lipinski definition) is 0. The smallest absolute Gasteiger partial charge is 0.225 e. The van der Waals surface area contributed by atoms with E-state index in [0.717, 1.165) is 19.0 Å². The highest BCUT2D eigenvalue weighted by Gasteiger charge is 2.29. The number of anilines is 1. The number of piperazine rings is 1. The molecule has 0 aliphatic carbocycles. The van der Waals surface area contributed by atoms with Crippen molar-refractivity contribution in [3.63, 3.8) is 0 Å². The maximum absolute atomic E-state index is 4.31. The Morgan fingerprint density at radius 3 is 2.47 bits per heavy atom. The molecular weight excluding hydrogens is 188 g/mol. The van der Waals surface area contributed by atoms with Gasteiger partial charge in [0.05, 0.1) is 0 Å². The zero-order valence-corrected chi connectivity index (χ0v) is 9.59. The Morgan fingerprint density at radius 1 is 1.13 bits per heavy atom. The first-order chi connectivity index (χ1) is 7.20. The molecule has 4 heteroatoms. The third-order valence-corrected chi connectivity index (χ3v) is 3.39. The van der Waals surface area contributed by atoms with Crippen LogP contribution >= 0.6 is 0 Å². The molecule has 2 atom stereocenters. The van der Waals surface area contributed by atoms with Crippen molar-refractivity contribution < 1.29 is 0 Å². The summed E-state index contributed by atoms with van der Waals surface area (Å²) < 4.78 is 0. The van der Waals surface area contributed by atoms with E-state index in [1.807, 2.05) is 6.07 Å². The second-order valence-corrected chi connectivity index (χ2v) is 4.20. The molecule has 0 amide bonds. The first kappa shape index (κ1) is 10.4. The molecule has 2 rings (SSSR count). The van der Waals surface area contributed by atoms with Gasteiger partial charge in [-0.2, -0.15) is 0 Å². The summed E-state index contributed by atoms with van der Waals surface area (Å²) in [4.78, 5) is 13.3. The molecule has 1 fully saturated rings. The highest BCUT2D eigenvalue weighted by atomic mass is 15.3. The summed E-state index contributed by atoms with van der Waals surface area (Å²) in [6.45, 7) is 6.56. The molecule has 1 aliphatic heterocycles. The van der Waals surface area contributed by atoms with Crippen molar-refractivity contribution >= 4 is 5.95 Å². The van der Waals surface area contributed by atoms with Crippen molar-refractivity contribution in [2.24, 2.45) is 0 Å². The Bertz CT molecular complexity index is 314. The minimum atomic E-state index is 0.464. The van der Waals surface area contributed by atoms with Gasteiger partial charge in [0.15, 0.2) is 0 Å². The van der Waals surface area contributed by atoms with Crippen LogP contribution in [0.5, 0.6) is 0 Å². The fraction of sp³-hybridized carbons (Fsp3) is 0.636. The second-order valence-electron chi connectivity index (χ2n) is 4.20. The minimum absolute atomic E-state index is 0.464. The van der Waals surface area contributed by atoms with Crippen LogP contribution in [0.3, 0.4) is 0 Å². The van der Waals surface area contributed by atoms with Crippen molar-refractivity contribution in [1.29, 1.82) is 0 Å². The molecule has 0 spiro atoms. The van der Waals surface area contributed by atoms with Gasteiger partial charge in [0, 0.05) is 37.6 Å². The van der Waals surface area contributed by atoms with Crippen LogP contribution in [0.1, 0.15) is 13.8 Å². The van der Waals surface area contributed by atoms with E-state index < -0.39 is 0 Å². The molecule has 82 valence electrons. The van der Waals surface area contributed by atoms with Crippen molar-refractivity contribution in [2.45, 2.75) is 25.9 Å². The Labute approximate surface area is 90.9 Å². The van der Waals surface area contributed by atoms with E-state index in [-0.39, 0.29) is 0 Å². The van der Waals surface area contributed by atoms with Gasteiger partial charge in [-0.1, -0.05) is 0 Å². The van der Waals surface area contributed by atoms with Crippen LogP contribution in [0.25, 0.3) is 0 Å². The zero-order chi connectivity index (χ0) is 10.8. The predicted molar refractivity (Wildman–Crippen MR) is 60.9 cm³/mol. The van der Waals surface area contributed by atoms with Crippen LogP contribution in [0.15, 0.2) is 18.5 Å². The minimum Gasteiger partial charge on any atom is -0.335 e. The van der Waals surface area contributed by atoms with Gasteiger partial charge in [-0.3, -0.25) is 4.90 Å². The molecule has 0 saturated carbocycles. The Kier molecular flexibility index (Phi) is 2.86. The van der Waals surface area contributed by atoms with Gasteiger partial charge in [-0.25, -0.2) is 9.97 Å². The fourth-order valence-corrected chi connectivity index (χ4v) is 2.02. The molecule has 2 heterocycles. The molecule has 0 bridgehead atoms. The van der Waals surface area contributed by atoms with Crippen LogP contribution in [-0.2, 0) is 0 Å². The van der Waals surface area contributed by atoms with Gasteiger partial charge in [-0.15, -0.1) is 0 Å². The summed E-state index contributed by atoms with van der Waals surface area (Å²) in [5.41, 5.74) is 0. The van der Waals surface area contributed by atoms with Crippen LogP contribution in [0, 0.1) is 0 Å². The Hall–Kier alpha value is -1.16. The van der Waals surface area contributed by atoms with E-state index in [4.69, 9.17) is 0 Å². The van der Waals surface area contributed by atoms with E-state index >= 15 is 0 Å². The molecule has 15 heavy (non-hydrogen) atoms. The summed E-state index contributed by atoms with van der Waals surface area (Å²) in [6.07, 6.45) is 3.61. The number of aromatic nitrogens is 2. The van der Waals surface area contributed by atoms with Crippen LogP contribution < -0.4 is 4.90 Å². The Balaban J connectivity index is 2.17. The monoisotopic (exact) mass is 206 g/mol. The number of hydrogen-bond acceptors (Lipinski definition) is 4. The molecule has 1 saturated heterocycles. The number of nitrogens with zero attached hydrogens (tertiary/aromatic N) is 4. The highest BCUT2D eigenvalue weighted by Crippen LogP contribution is 2.19. The van der Waals surface area contributed by atoms with Gasteiger partial charge >= 0.3 is 0 Å². The van der Waals surface area contributed by atoms with Gasteiger partial charge < -0.3 is 4.90 Å². The van der Waals surface area contributed by atoms with Crippen molar-refractivity contribution in [3.8, 4) is 0 Å².